The number of aryl methyl sites for hydroxylation is 2. The van der Waals surface area contributed by atoms with Crippen LogP contribution in [0.4, 0.5) is 11.4 Å². The Bertz CT molecular complexity index is 1740. The second-order valence-corrected chi connectivity index (χ2v) is 12.1. The van der Waals surface area contributed by atoms with E-state index in [1.807, 2.05) is 64.9 Å². The van der Waals surface area contributed by atoms with E-state index in [0.29, 0.717) is 46.6 Å². The van der Waals surface area contributed by atoms with Gasteiger partial charge in [-0.25, -0.2) is 4.68 Å². The molecule has 43 heavy (non-hydrogen) atoms. The number of ether oxygens (including phenoxy) is 1. The number of thioether (sulfide) groups is 1. The first-order valence-electron chi connectivity index (χ1n) is 14.0. The minimum atomic E-state index is -0.265. The summed E-state index contributed by atoms with van der Waals surface area (Å²) >= 11 is 3.15. The molecule has 5 aromatic rings. The van der Waals surface area contributed by atoms with Gasteiger partial charge in [-0.3, -0.25) is 9.59 Å². The Labute approximate surface area is 257 Å². The summed E-state index contributed by atoms with van der Waals surface area (Å²) in [5, 5.41) is 17.3. The zero-order valence-corrected chi connectivity index (χ0v) is 25.2. The molecule has 0 fully saturated rings. The predicted molar refractivity (Wildman–Crippen MR) is 170 cm³/mol. The molecule has 1 aliphatic rings. The van der Waals surface area contributed by atoms with Gasteiger partial charge >= 0.3 is 0 Å². The number of carbonyl (C=O) groups excluding carboxylic acids is 2. The minimum absolute atomic E-state index is 0.0850. The maximum absolute atomic E-state index is 13.8. The number of nitrogens with zero attached hydrogens (tertiary/aromatic N) is 5. The molecule has 0 atom stereocenters. The molecule has 0 aliphatic carbocycles. The van der Waals surface area contributed by atoms with Gasteiger partial charge in [-0.15, -0.1) is 16.4 Å². The summed E-state index contributed by atoms with van der Waals surface area (Å²) < 4.78 is 7.80. The number of thiophene rings is 1. The van der Waals surface area contributed by atoms with Crippen molar-refractivity contribution in [1.82, 2.24) is 20.2 Å². The van der Waals surface area contributed by atoms with E-state index in [4.69, 9.17) is 4.74 Å². The van der Waals surface area contributed by atoms with Crippen LogP contribution in [0.2, 0.25) is 0 Å². The first-order valence-corrected chi connectivity index (χ1v) is 15.9. The van der Waals surface area contributed by atoms with Crippen molar-refractivity contribution < 1.29 is 14.3 Å². The molecule has 0 radical (unpaired) electrons. The SMILES string of the molecule is Cn1nnnc1SCCOc1cc(C(=O)N2CCCCc3sccc32)ccc1NC(=O)c1ccccc1-c1ccccc1. The molecule has 0 unspecified atom stereocenters. The molecular formula is C32H30N6O3S2. The highest BCUT2D eigenvalue weighted by molar-refractivity contribution is 7.99. The van der Waals surface area contributed by atoms with E-state index in [9.17, 15) is 9.59 Å². The monoisotopic (exact) mass is 610 g/mol. The van der Waals surface area contributed by atoms with Crippen LogP contribution in [0, 0.1) is 0 Å². The number of carbonyl (C=O) groups is 2. The molecule has 218 valence electrons. The van der Waals surface area contributed by atoms with Gasteiger partial charge in [-0.1, -0.05) is 60.3 Å². The number of nitrogens with one attached hydrogen (secondary N) is 1. The van der Waals surface area contributed by atoms with Gasteiger partial charge in [0.25, 0.3) is 11.8 Å². The van der Waals surface area contributed by atoms with Crippen LogP contribution < -0.4 is 15.0 Å². The van der Waals surface area contributed by atoms with Crippen LogP contribution in [-0.2, 0) is 13.5 Å². The van der Waals surface area contributed by atoms with Gasteiger partial charge in [0, 0.05) is 35.3 Å². The number of hydrogen-bond donors (Lipinski definition) is 1. The Kier molecular flexibility index (Phi) is 8.80. The fourth-order valence-corrected chi connectivity index (χ4v) is 6.64. The minimum Gasteiger partial charge on any atom is -0.491 e. The molecule has 11 heteroatoms. The number of hydrogen-bond acceptors (Lipinski definition) is 8. The molecule has 3 aromatic carbocycles. The Morgan fingerprint density at radius 1 is 1.02 bits per heavy atom. The van der Waals surface area contributed by atoms with Gasteiger partial charge in [0.1, 0.15) is 5.75 Å². The fraction of sp³-hybridized carbons (Fsp3) is 0.219. The van der Waals surface area contributed by atoms with Crippen molar-refractivity contribution in [2.45, 2.75) is 24.4 Å². The molecule has 3 heterocycles. The third-order valence-electron chi connectivity index (χ3n) is 7.18. The average molecular weight is 611 g/mol. The molecule has 2 amide bonds. The van der Waals surface area contributed by atoms with Crippen molar-refractivity contribution in [3.05, 3.63) is 100 Å². The Morgan fingerprint density at radius 3 is 2.70 bits per heavy atom. The lowest BCUT2D eigenvalue weighted by atomic mass is 9.99. The molecule has 6 rings (SSSR count). The predicted octanol–water partition coefficient (Wildman–Crippen LogP) is 6.35. The van der Waals surface area contributed by atoms with E-state index >= 15 is 0 Å². The number of anilines is 2. The Hall–Kier alpha value is -4.48. The number of tetrazole rings is 1. The zero-order chi connectivity index (χ0) is 29.6. The van der Waals surface area contributed by atoms with Crippen LogP contribution in [-0.4, -0.2) is 50.9 Å². The molecule has 1 aliphatic heterocycles. The number of aromatic nitrogens is 4. The van der Waals surface area contributed by atoms with Crippen molar-refractivity contribution >= 4 is 46.3 Å². The van der Waals surface area contributed by atoms with Crippen molar-refractivity contribution in [2.75, 3.05) is 29.1 Å². The fourth-order valence-electron chi connectivity index (χ4n) is 5.05. The van der Waals surface area contributed by atoms with Gasteiger partial charge in [0.05, 0.1) is 18.0 Å². The topological polar surface area (TPSA) is 102 Å². The van der Waals surface area contributed by atoms with Crippen molar-refractivity contribution in [3.8, 4) is 16.9 Å². The summed E-state index contributed by atoms with van der Waals surface area (Å²) in [7, 11) is 1.78. The van der Waals surface area contributed by atoms with Crippen LogP contribution in [0.3, 0.4) is 0 Å². The molecule has 9 nitrogen and oxygen atoms in total. The highest BCUT2D eigenvalue weighted by Crippen LogP contribution is 2.34. The van der Waals surface area contributed by atoms with Crippen LogP contribution >= 0.6 is 23.1 Å². The summed E-state index contributed by atoms with van der Waals surface area (Å²) in [5.74, 6) is 0.645. The second kappa shape index (κ2) is 13.2. The third-order valence-corrected chi connectivity index (χ3v) is 9.12. The van der Waals surface area contributed by atoms with Crippen LogP contribution in [0.25, 0.3) is 11.1 Å². The lowest BCUT2D eigenvalue weighted by Gasteiger charge is -2.22. The van der Waals surface area contributed by atoms with Crippen molar-refractivity contribution in [2.24, 2.45) is 7.05 Å². The van der Waals surface area contributed by atoms with Crippen molar-refractivity contribution in [3.63, 3.8) is 0 Å². The molecular weight excluding hydrogens is 581 g/mol. The maximum Gasteiger partial charge on any atom is 0.258 e. The molecule has 2 aromatic heterocycles. The maximum atomic E-state index is 13.8. The standard InChI is InChI=1S/C32H30N6O3S2/c1-37-32(34-35-36-37)43-20-18-41-28-21-23(31(40)38-17-8-7-13-29-27(38)16-19-42-29)14-15-26(28)33-30(39)25-12-6-5-11-24(25)22-9-3-2-4-10-22/h2-6,9-12,14-16,19,21H,7-8,13,17-18,20H2,1H3,(H,33,39). The van der Waals surface area contributed by atoms with Gasteiger partial charge in [0.2, 0.25) is 5.16 Å². The number of amides is 2. The summed E-state index contributed by atoms with van der Waals surface area (Å²) in [5.41, 5.74) is 4.30. The van der Waals surface area contributed by atoms with Crippen molar-refractivity contribution in [1.29, 1.82) is 0 Å². The summed E-state index contributed by atoms with van der Waals surface area (Å²) in [6.07, 6.45) is 2.98. The normalized spacial score (nSPS) is 12.8. The quantitative estimate of drug-likeness (QED) is 0.153. The highest BCUT2D eigenvalue weighted by Gasteiger charge is 2.24. The molecule has 0 spiro atoms. The smallest absolute Gasteiger partial charge is 0.258 e. The largest absolute Gasteiger partial charge is 0.491 e. The third kappa shape index (κ3) is 6.47. The van der Waals surface area contributed by atoms with Gasteiger partial charge in [0.15, 0.2) is 0 Å². The van der Waals surface area contributed by atoms with E-state index in [2.05, 4.69) is 20.8 Å². The van der Waals surface area contributed by atoms with E-state index in [1.54, 1.807) is 47.3 Å². The number of fused-ring (bicyclic) bond motifs is 1. The summed E-state index contributed by atoms with van der Waals surface area (Å²) in [6, 6.07) is 24.6. The van der Waals surface area contributed by atoms with E-state index in [0.717, 1.165) is 36.1 Å². The molecule has 0 saturated carbocycles. The second-order valence-electron chi connectivity index (χ2n) is 10.0. The average Bonchev–Trinajstić information content (AvgIpc) is 3.63. The summed E-state index contributed by atoms with van der Waals surface area (Å²) in [6.45, 7) is 0.979. The Morgan fingerprint density at radius 2 is 1.86 bits per heavy atom. The zero-order valence-electron chi connectivity index (χ0n) is 23.6. The van der Waals surface area contributed by atoms with Crippen LogP contribution in [0.5, 0.6) is 5.75 Å². The van der Waals surface area contributed by atoms with E-state index in [-0.39, 0.29) is 11.8 Å². The lowest BCUT2D eigenvalue weighted by Crippen LogP contribution is -2.31. The number of rotatable bonds is 9. The highest BCUT2D eigenvalue weighted by atomic mass is 32.2. The first-order chi connectivity index (χ1) is 21.1. The molecule has 1 N–H and O–H groups in total. The Balaban J connectivity index is 1.27. The van der Waals surface area contributed by atoms with Gasteiger partial charge in [-0.2, -0.15) is 0 Å². The van der Waals surface area contributed by atoms with Crippen LogP contribution in [0.1, 0.15) is 38.4 Å². The molecule has 0 saturated heterocycles. The summed E-state index contributed by atoms with van der Waals surface area (Å²) in [4.78, 5) is 30.5. The van der Waals surface area contributed by atoms with Gasteiger partial charge < -0.3 is 15.0 Å². The first kappa shape index (κ1) is 28.6. The van der Waals surface area contributed by atoms with Crippen LogP contribution in [0.15, 0.2) is 89.4 Å². The number of benzene rings is 3. The lowest BCUT2D eigenvalue weighted by molar-refractivity contribution is 0.0985. The van der Waals surface area contributed by atoms with E-state index in [1.165, 1.54) is 16.6 Å². The molecule has 0 bridgehead atoms. The van der Waals surface area contributed by atoms with Gasteiger partial charge in [-0.05, 0) is 76.5 Å². The van der Waals surface area contributed by atoms with E-state index < -0.39 is 0 Å².